The lowest BCUT2D eigenvalue weighted by Gasteiger charge is -2.58. The number of aliphatic hydroxyl groups excluding tert-OH is 5. The first-order valence-corrected chi connectivity index (χ1v) is 12.7. The lowest BCUT2D eigenvalue weighted by molar-refractivity contribution is -0.335. The zero-order chi connectivity index (χ0) is 26.7. The minimum atomic E-state index is -1.87. The molecule has 4 fully saturated rings. The second kappa shape index (κ2) is 9.92. The van der Waals surface area contributed by atoms with Crippen molar-refractivity contribution in [2.75, 3.05) is 19.8 Å². The highest BCUT2D eigenvalue weighted by atomic mass is 16.7. The number of hydrogen-bond acceptors (Lipinski definition) is 12. The van der Waals surface area contributed by atoms with E-state index in [0.29, 0.717) is 12.8 Å². The first-order chi connectivity index (χ1) is 16.7. The molecule has 7 N–H and O–H groups in total. The molecular weight excluding hydrogens is 480 g/mol. The van der Waals surface area contributed by atoms with Crippen molar-refractivity contribution in [3.8, 4) is 0 Å². The van der Waals surface area contributed by atoms with Gasteiger partial charge in [-0.2, -0.15) is 0 Å². The van der Waals surface area contributed by atoms with Gasteiger partial charge in [0.1, 0.15) is 41.7 Å². The molecule has 0 aromatic carbocycles. The van der Waals surface area contributed by atoms with Crippen LogP contribution in [0, 0.1) is 5.41 Å². The van der Waals surface area contributed by atoms with Crippen molar-refractivity contribution in [3.05, 3.63) is 0 Å². The van der Waals surface area contributed by atoms with Gasteiger partial charge < -0.3 is 59.4 Å². The smallest absolute Gasteiger partial charge is 0.186 e. The van der Waals surface area contributed by atoms with Gasteiger partial charge in [0.15, 0.2) is 12.6 Å². The van der Waals surface area contributed by atoms with Crippen molar-refractivity contribution in [2.24, 2.45) is 5.41 Å². The Balaban J connectivity index is 1.41. The average molecular weight is 523 g/mol. The van der Waals surface area contributed by atoms with E-state index in [2.05, 4.69) is 0 Å². The van der Waals surface area contributed by atoms with Crippen molar-refractivity contribution < 1.29 is 59.4 Å². The topological polar surface area (TPSA) is 188 Å². The highest BCUT2D eigenvalue weighted by Gasteiger charge is 2.64. The third-order valence-corrected chi connectivity index (χ3v) is 8.63. The molecule has 4 aliphatic rings. The molecule has 12 nitrogen and oxygen atoms in total. The predicted molar refractivity (Wildman–Crippen MR) is 121 cm³/mol. The fourth-order valence-corrected chi connectivity index (χ4v) is 6.48. The van der Waals surface area contributed by atoms with E-state index >= 15 is 0 Å². The Morgan fingerprint density at radius 3 is 2.19 bits per heavy atom. The van der Waals surface area contributed by atoms with Crippen LogP contribution in [0.3, 0.4) is 0 Å². The van der Waals surface area contributed by atoms with Gasteiger partial charge >= 0.3 is 0 Å². The Morgan fingerprint density at radius 2 is 1.64 bits per heavy atom. The molecular formula is C24H42O12. The fourth-order valence-electron chi connectivity index (χ4n) is 6.48. The summed E-state index contributed by atoms with van der Waals surface area (Å²) in [5.41, 5.74) is -4.30. The van der Waals surface area contributed by atoms with Crippen LogP contribution in [0.25, 0.3) is 0 Å². The third-order valence-electron chi connectivity index (χ3n) is 8.63. The van der Waals surface area contributed by atoms with Crippen molar-refractivity contribution in [1.29, 1.82) is 0 Å². The van der Waals surface area contributed by atoms with Gasteiger partial charge in [-0.15, -0.1) is 0 Å². The summed E-state index contributed by atoms with van der Waals surface area (Å²) in [6.07, 6.45) is -8.23. The van der Waals surface area contributed by atoms with Gasteiger partial charge in [0.25, 0.3) is 0 Å². The Bertz CT molecular complexity index is 758. The molecule has 1 saturated carbocycles. The SMILES string of the molecule is C[C@@H]1CC[C@@]2(O1)C(C)(C)C[C@H](O[C@@H]1O[C@H](CO[C@@H]3OC[C@](O)(CO)[C@H]3O)[C@@H](O)[C@H](O)[C@H]1O)C[C@@]2(C)O. The van der Waals surface area contributed by atoms with Crippen LogP contribution in [0.2, 0.25) is 0 Å². The zero-order valence-corrected chi connectivity index (χ0v) is 21.3. The standard InChI is InChI=1S/C24H42O12/c1-12-5-6-24(36-12)21(2,3)7-13(8-22(24,4)30)34-19-17(28)16(27)15(26)14(35-19)9-32-20-18(29)23(31,10-25)11-33-20/h12-20,25-31H,5-11H2,1-4H3/t12-,13+,14-,15-,16+,17-,18+,19-,20-,22-,23-,24-/m1/s1. The van der Waals surface area contributed by atoms with Gasteiger partial charge in [0.05, 0.1) is 37.6 Å². The second-order valence-corrected chi connectivity index (χ2v) is 11.9. The van der Waals surface area contributed by atoms with Crippen LogP contribution in [0.5, 0.6) is 0 Å². The molecule has 0 aromatic heterocycles. The number of rotatable bonds is 6. The zero-order valence-electron chi connectivity index (χ0n) is 21.3. The number of aliphatic hydroxyl groups is 7. The third kappa shape index (κ3) is 4.74. The van der Waals surface area contributed by atoms with Crippen LogP contribution in [0.1, 0.15) is 53.4 Å². The summed E-state index contributed by atoms with van der Waals surface area (Å²) < 4.78 is 28.8. The molecule has 0 bridgehead atoms. The fraction of sp³-hybridized carbons (Fsp3) is 1.00. The normalized spacial score (nSPS) is 53.2. The van der Waals surface area contributed by atoms with Crippen molar-refractivity contribution in [2.45, 2.75) is 125 Å². The molecule has 4 rings (SSSR count). The molecule has 0 radical (unpaired) electrons. The molecule has 3 heterocycles. The van der Waals surface area contributed by atoms with Crippen molar-refractivity contribution in [3.63, 3.8) is 0 Å². The van der Waals surface area contributed by atoms with E-state index in [1.54, 1.807) is 6.92 Å². The first kappa shape index (κ1) is 28.5. The predicted octanol–water partition coefficient (Wildman–Crippen LogP) is -1.85. The minimum Gasteiger partial charge on any atom is -0.393 e. The Labute approximate surface area is 210 Å². The summed E-state index contributed by atoms with van der Waals surface area (Å²) in [5.74, 6) is 0. The maximum absolute atomic E-state index is 11.5. The monoisotopic (exact) mass is 522 g/mol. The molecule has 0 unspecified atom stereocenters. The summed E-state index contributed by atoms with van der Waals surface area (Å²) in [7, 11) is 0. The highest BCUT2D eigenvalue weighted by molar-refractivity contribution is 5.14. The van der Waals surface area contributed by atoms with E-state index in [9.17, 15) is 35.7 Å². The second-order valence-electron chi connectivity index (χ2n) is 11.9. The van der Waals surface area contributed by atoms with E-state index in [1.807, 2.05) is 20.8 Å². The first-order valence-electron chi connectivity index (χ1n) is 12.7. The molecule has 1 spiro atoms. The summed E-state index contributed by atoms with van der Waals surface area (Å²) in [5, 5.41) is 72.5. The Kier molecular flexibility index (Phi) is 7.86. The van der Waals surface area contributed by atoms with Crippen LogP contribution >= 0.6 is 0 Å². The summed E-state index contributed by atoms with van der Waals surface area (Å²) >= 11 is 0. The van der Waals surface area contributed by atoms with E-state index in [4.69, 9.17) is 23.7 Å². The van der Waals surface area contributed by atoms with E-state index in [0.717, 1.165) is 6.42 Å². The molecule has 36 heavy (non-hydrogen) atoms. The molecule has 3 aliphatic heterocycles. The molecule has 12 heteroatoms. The summed E-state index contributed by atoms with van der Waals surface area (Å²) in [6.45, 7) is 6.31. The van der Waals surface area contributed by atoms with Crippen LogP contribution in [0.15, 0.2) is 0 Å². The maximum atomic E-state index is 11.5. The van der Waals surface area contributed by atoms with Gasteiger partial charge in [-0.05, 0) is 38.5 Å². The van der Waals surface area contributed by atoms with Crippen LogP contribution in [-0.4, -0.2) is 128 Å². The van der Waals surface area contributed by atoms with Crippen LogP contribution in [-0.2, 0) is 23.7 Å². The highest BCUT2D eigenvalue weighted by Crippen LogP contribution is 2.57. The average Bonchev–Trinajstić information content (AvgIpc) is 3.34. The van der Waals surface area contributed by atoms with Gasteiger partial charge in [0.2, 0.25) is 0 Å². The van der Waals surface area contributed by atoms with Crippen molar-refractivity contribution >= 4 is 0 Å². The number of ether oxygens (including phenoxy) is 5. The van der Waals surface area contributed by atoms with Crippen LogP contribution < -0.4 is 0 Å². The maximum Gasteiger partial charge on any atom is 0.186 e. The van der Waals surface area contributed by atoms with Gasteiger partial charge in [-0.1, -0.05) is 13.8 Å². The summed E-state index contributed by atoms with van der Waals surface area (Å²) in [6, 6.07) is 0. The molecule has 210 valence electrons. The number of hydrogen-bond donors (Lipinski definition) is 7. The quantitative estimate of drug-likeness (QED) is 0.207. The lowest BCUT2D eigenvalue weighted by Crippen LogP contribution is -2.67. The van der Waals surface area contributed by atoms with Gasteiger partial charge in [0, 0.05) is 6.42 Å². The Hall–Kier alpha value is -0.480. The van der Waals surface area contributed by atoms with Crippen molar-refractivity contribution in [1.82, 2.24) is 0 Å². The molecule has 1 aliphatic carbocycles. The van der Waals surface area contributed by atoms with E-state index in [1.165, 1.54) is 0 Å². The largest absolute Gasteiger partial charge is 0.393 e. The molecule has 12 atom stereocenters. The lowest BCUT2D eigenvalue weighted by atomic mass is 9.56. The molecule has 0 aromatic rings. The molecule has 3 saturated heterocycles. The Morgan fingerprint density at radius 1 is 0.944 bits per heavy atom. The minimum absolute atomic E-state index is 0.0323. The van der Waals surface area contributed by atoms with Crippen LogP contribution in [0.4, 0.5) is 0 Å². The van der Waals surface area contributed by atoms with E-state index in [-0.39, 0.29) is 25.7 Å². The molecule has 0 amide bonds. The van der Waals surface area contributed by atoms with Gasteiger partial charge in [-0.3, -0.25) is 0 Å². The van der Waals surface area contributed by atoms with E-state index < -0.39 is 78.0 Å². The summed E-state index contributed by atoms with van der Waals surface area (Å²) in [4.78, 5) is 0. The van der Waals surface area contributed by atoms with Gasteiger partial charge in [-0.25, -0.2) is 0 Å².